The molecule has 1 aliphatic heterocycles. The zero-order chi connectivity index (χ0) is 13.8. The lowest BCUT2D eigenvalue weighted by Gasteiger charge is -2.38. The van der Waals surface area contributed by atoms with E-state index in [1.54, 1.807) is 6.07 Å². The summed E-state index contributed by atoms with van der Waals surface area (Å²) in [6.45, 7) is 5.23. The minimum atomic E-state index is -0.252. The molecule has 19 heavy (non-hydrogen) atoms. The maximum atomic E-state index is 13.0. The Bertz CT molecular complexity index is 450. The first-order valence-corrected chi connectivity index (χ1v) is 6.73. The molecule has 0 radical (unpaired) electrons. The minimum Gasteiger partial charge on any atom is -0.375 e. The largest absolute Gasteiger partial charge is 0.375 e. The summed E-state index contributed by atoms with van der Waals surface area (Å²) in [6.07, 6.45) is 1.07. The van der Waals surface area contributed by atoms with Crippen LogP contribution in [0, 0.1) is 5.82 Å². The van der Waals surface area contributed by atoms with Crippen LogP contribution in [-0.2, 0) is 16.0 Å². The molecule has 104 valence electrons. The number of hydrogen-bond donors (Lipinski definition) is 0. The molecular weight excluding hydrogens is 245 g/mol. The number of nitrogens with zero attached hydrogens (tertiary/aromatic N) is 1. The van der Waals surface area contributed by atoms with Crippen LogP contribution in [0.25, 0.3) is 0 Å². The van der Waals surface area contributed by atoms with Crippen molar-refractivity contribution in [2.45, 2.75) is 38.8 Å². The van der Waals surface area contributed by atoms with Gasteiger partial charge < -0.3 is 9.64 Å². The number of amides is 1. The third kappa shape index (κ3) is 3.53. The Kier molecular flexibility index (Phi) is 4.53. The van der Waals surface area contributed by atoms with E-state index < -0.39 is 0 Å². The predicted molar refractivity (Wildman–Crippen MR) is 71.3 cm³/mol. The summed E-state index contributed by atoms with van der Waals surface area (Å²) in [5.41, 5.74) is 0.863. The molecule has 1 fully saturated rings. The second kappa shape index (κ2) is 6.15. The molecule has 1 heterocycles. The second-order valence-electron chi connectivity index (χ2n) is 5.03. The summed E-state index contributed by atoms with van der Waals surface area (Å²) < 4.78 is 18.6. The molecule has 4 heteroatoms. The van der Waals surface area contributed by atoms with E-state index in [0.717, 1.165) is 5.56 Å². The average Bonchev–Trinajstić information content (AvgIpc) is 2.39. The van der Waals surface area contributed by atoms with Crippen molar-refractivity contribution in [3.8, 4) is 0 Å². The molecule has 1 aromatic rings. The van der Waals surface area contributed by atoms with Crippen molar-refractivity contribution in [2.75, 3.05) is 13.2 Å². The van der Waals surface area contributed by atoms with E-state index in [2.05, 4.69) is 0 Å². The molecule has 0 N–H and O–H groups in total. The third-order valence-electron chi connectivity index (χ3n) is 3.72. The number of carbonyl (C=O) groups excluding carboxylic acids is 1. The molecular formula is C15H20FNO2. The van der Waals surface area contributed by atoms with Crippen LogP contribution in [0.3, 0.4) is 0 Å². The summed E-state index contributed by atoms with van der Waals surface area (Å²) >= 11 is 0. The monoisotopic (exact) mass is 265 g/mol. The van der Waals surface area contributed by atoms with Crippen LogP contribution in [0.1, 0.15) is 25.8 Å². The Hall–Kier alpha value is -1.42. The van der Waals surface area contributed by atoms with Crippen LogP contribution in [0.4, 0.5) is 4.39 Å². The number of carbonyl (C=O) groups is 1. The van der Waals surface area contributed by atoms with Crippen LogP contribution in [-0.4, -0.2) is 36.1 Å². The Balaban J connectivity index is 1.90. The summed E-state index contributed by atoms with van der Waals surface area (Å²) in [6, 6.07) is 6.53. The first-order valence-electron chi connectivity index (χ1n) is 6.73. The molecule has 3 nitrogen and oxygen atoms in total. The normalized spacial score (nSPS) is 23.4. The highest BCUT2D eigenvalue weighted by molar-refractivity contribution is 5.77. The topological polar surface area (TPSA) is 29.5 Å². The average molecular weight is 265 g/mol. The molecule has 0 aliphatic carbocycles. The van der Waals surface area contributed by atoms with Crippen molar-refractivity contribution < 1.29 is 13.9 Å². The SMILES string of the molecule is CC1OCCN(C(=O)CCc2cccc(F)c2)C1C. The Morgan fingerprint density at radius 2 is 2.26 bits per heavy atom. The van der Waals surface area contributed by atoms with E-state index in [1.165, 1.54) is 12.1 Å². The zero-order valence-electron chi connectivity index (χ0n) is 11.4. The highest BCUT2D eigenvalue weighted by Crippen LogP contribution is 2.15. The molecule has 0 aromatic heterocycles. The molecule has 2 atom stereocenters. The first kappa shape index (κ1) is 14.0. The van der Waals surface area contributed by atoms with Crippen molar-refractivity contribution in [3.05, 3.63) is 35.6 Å². The van der Waals surface area contributed by atoms with E-state index in [-0.39, 0.29) is 23.9 Å². The fourth-order valence-corrected chi connectivity index (χ4v) is 2.37. The van der Waals surface area contributed by atoms with Gasteiger partial charge in [-0.15, -0.1) is 0 Å². The fourth-order valence-electron chi connectivity index (χ4n) is 2.37. The number of ether oxygens (including phenoxy) is 1. The maximum Gasteiger partial charge on any atom is 0.223 e. The van der Waals surface area contributed by atoms with Gasteiger partial charge >= 0.3 is 0 Å². The third-order valence-corrected chi connectivity index (χ3v) is 3.72. The van der Waals surface area contributed by atoms with Gasteiger partial charge in [0.1, 0.15) is 5.82 Å². The van der Waals surface area contributed by atoms with Crippen LogP contribution in [0.5, 0.6) is 0 Å². The van der Waals surface area contributed by atoms with Crippen LogP contribution in [0.2, 0.25) is 0 Å². The molecule has 1 saturated heterocycles. The first-order chi connectivity index (χ1) is 9.08. The smallest absolute Gasteiger partial charge is 0.223 e. The zero-order valence-corrected chi connectivity index (χ0v) is 11.4. The van der Waals surface area contributed by atoms with Gasteiger partial charge in [-0.25, -0.2) is 4.39 Å². The van der Waals surface area contributed by atoms with Gasteiger partial charge in [-0.1, -0.05) is 12.1 Å². The van der Waals surface area contributed by atoms with Crippen LogP contribution in [0.15, 0.2) is 24.3 Å². The molecule has 0 bridgehead atoms. The quantitative estimate of drug-likeness (QED) is 0.840. The van der Waals surface area contributed by atoms with Crippen LogP contribution < -0.4 is 0 Å². The van der Waals surface area contributed by atoms with E-state index in [1.807, 2.05) is 24.8 Å². The van der Waals surface area contributed by atoms with Gasteiger partial charge in [0, 0.05) is 13.0 Å². The van der Waals surface area contributed by atoms with E-state index in [0.29, 0.717) is 26.0 Å². The summed E-state index contributed by atoms with van der Waals surface area (Å²) in [4.78, 5) is 14.1. The summed E-state index contributed by atoms with van der Waals surface area (Å²) in [5, 5.41) is 0. The molecule has 2 unspecified atom stereocenters. The minimum absolute atomic E-state index is 0.0758. The van der Waals surface area contributed by atoms with Crippen LogP contribution >= 0.6 is 0 Å². The molecule has 1 aliphatic rings. The van der Waals surface area contributed by atoms with E-state index in [4.69, 9.17) is 4.74 Å². The maximum absolute atomic E-state index is 13.0. The van der Waals surface area contributed by atoms with Crippen molar-refractivity contribution in [3.63, 3.8) is 0 Å². The van der Waals surface area contributed by atoms with Crippen molar-refractivity contribution in [2.24, 2.45) is 0 Å². The van der Waals surface area contributed by atoms with Gasteiger partial charge in [0.05, 0.1) is 18.8 Å². The number of rotatable bonds is 3. The van der Waals surface area contributed by atoms with Crippen molar-refractivity contribution >= 4 is 5.91 Å². The number of benzene rings is 1. The van der Waals surface area contributed by atoms with Gasteiger partial charge in [0.15, 0.2) is 0 Å². The molecule has 1 aromatic carbocycles. The predicted octanol–water partition coefficient (Wildman–Crippen LogP) is 2.39. The summed E-state index contributed by atoms with van der Waals surface area (Å²) in [7, 11) is 0. The standard InChI is InChI=1S/C15H20FNO2/c1-11-12(2)19-9-8-17(11)15(18)7-6-13-4-3-5-14(16)10-13/h3-5,10-12H,6-9H2,1-2H3. The molecule has 0 saturated carbocycles. The van der Waals surface area contributed by atoms with E-state index >= 15 is 0 Å². The Morgan fingerprint density at radius 3 is 3.00 bits per heavy atom. The number of aryl methyl sites for hydroxylation is 1. The van der Waals surface area contributed by atoms with Gasteiger partial charge in [0.25, 0.3) is 0 Å². The van der Waals surface area contributed by atoms with Gasteiger partial charge in [-0.3, -0.25) is 4.79 Å². The highest BCUT2D eigenvalue weighted by Gasteiger charge is 2.28. The Morgan fingerprint density at radius 1 is 1.47 bits per heavy atom. The molecule has 1 amide bonds. The van der Waals surface area contributed by atoms with E-state index in [9.17, 15) is 9.18 Å². The number of morpholine rings is 1. The van der Waals surface area contributed by atoms with Gasteiger partial charge in [0.2, 0.25) is 5.91 Å². The molecule has 2 rings (SSSR count). The lowest BCUT2D eigenvalue weighted by Crippen LogP contribution is -2.51. The Labute approximate surface area is 113 Å². The number of halogens is 1. The lowest BCUT2D eigenvalue weighted by molar-refractivity contribution is -0.143. The summed E-state index contributed by atoms with van der Waals surface area (Å²) in [5.74, 6) is -0.134. The lowest BCUT2D eigenvalue weighted by atomic mass is 10.1. The molecule has 0 spiro atoms. The van der Waals surface area contributed by atoms with Crippen molar-refractivity contribution in [1.82, 2.24) is 4.90 Å². The second-order valence-corrected chi connectivity index (χ2v) is 5.03. The fraction of sp³-hybridized carbons (Fsp3) is 0.533. The van der Waals surface area contributed by atoms with Gasteiger partial charge in [-0.2, -0.15) is 0 Å². The van der Waals surface area contributed by atoms with Crippen molar-refractivity contribution in [1.29, 1.82) is 0 Å². The highest BCUT2D eigenvalue weighted by atomic mass is 19.1. The van der Waals surface area contributed by atoms with Gasteiger partial charge in [-0.05, 0) is 38.0 Å². The number of hydrogen-bond acceptors (Lipinski definition) is 2.